The van der Waals surface area contributed by atoms with Crippen LogP contribution < -0.4 is 11.1 Å². The van der Waals surface area contributed by atoms with Crippen LogP contribution in [0.1, 0.15) is 31.2 Å². The van der Waals surface area contributed by atoms with Crippen molar-refractivity contribution in [3.63, 3.8) is 0 Å². The molecule has 1 aromatic rings. The largest absolute Gasteiger partial charge is 0.330 e. The van der Waals surface area contributed by atoms with E-state index in [1.165, 1.54) is 0 Å². The molecule has 1 atom stereocenters. The van der Waals surface area contributed by atoms with Gasteiger partial charge in [0.2, 0.25) is 11.9 Å². The van der Waals surface area contributed by atoms with Crippen molar-refractivity contribution < 1.29 is 4.79 Å². The van der Waals surface area contributed by atoms with Gasteiger partial charge in [-0.3, -0.25) is 10.1 Å². The summed E-state index contributed by atoms with van der Waals surface area (Å²) in [6.45, 7) is 6.17. The molecule has 0 aromatic carbocycles. The van der Waals surface area contributed by atoms with Crippen molar-refractivity contribution in [3.05, 3.63) is 11.4 Å². The molecule has 17 heavy (non-hydrogen) atoms. The Kier molecular flexibility index (Phi) is 4.96. The maximum Gasteiger partial charge on any atom is 0.249 e. The summed E-state index contributed by atoms with van der Waals surface area (Å²) in [6, 6.07) is 0. The highest BCUT2D eigenvalue weighted by atomic mass is 16.1. The van der Waals surface area contributed by atoms with Crippen LogP contribution in [0.15, 0.2) is 0 Å². The van der Waals surface area contributed by atoms with Crippen molar-refractivity contribution in [2.24, 2.45) is 11.7 Å². The van der Waals surface area contributed by atoms with Gasteiger partial charge in [-0.2, -0.15) is 5.10 Å². The SMILES string of the molecule is CCC(CN)CC(=O)Nc1nnc(C)c(C)n1. The van der Waals surface area contributed by atoms with Crippen LogP contribution in [0.25, 0.3) is 0 Å². The number of carbonyl (C=O) groups excluding carboxylic acids is 1. The van der Waals surface area contributed by atoms with Crippen molar-refractivity contribution in [3.8, 4) is 0 Å². The van der Waals surface area contributed by atoms with E-state index in [1.54, 1.807) is 0 Å². The van der Waals surface area contributed by atoms with Crippen LogP contribution in [-0.2, 0) is 4.79 Å². The molecule has 6 heteroatoms. The normalized spacial score (nSPS) is 12.2. The first-order valence-electron chi connectivity index (χ1n) is 5.74. The van der Waals surface area contributed by atoms with Gasteiger partial charge in [0.15, 0.2) is 0 Å². The number of nitrogens with one attached hydrogen (secondary N) is 1. The summed E-state index contributed by atoms with van der Waals surface area (Å²) in [5.74, 6) is 0.340. The van der Waals surface area contributed by atoms with Crippen LogP contribution in [0.5, 0.6) is 0 Å². The third-order valence-electron chi connectivity index (χ3n) is 2.73. The van der Waals surface area contributed by atoms with Gasteiger partial charge in [-0.1, -0.05) is 13.3 Å². The van der Waals surface area contributed by atoms with Gasteiger partial charge in [-0.05, 0) is 26.3 Å². The molecule has 1 rings (SSSR count). The maximum atomic E-state index is 11.7. The Hall–Kier alpha value is -1.56. The molecule has 94 valence electrons. The molecule has 0 aliphatic heterocycles. The summed E-state index contributed by atoms with van der Waals surface area (Å²) in [7, 11) is 0. The van der Waals surface area contributed by atoms with E-state index in [4.69, 9.17) is 5.73 Å². The molecule has 3 N–H and O–H groups in total. The monoisotopic (exact) mass is 237 g/mol. The number of aryl methyl sites for hydroxylation is 2. The number of hydrogen-bond donors (Lipinski definition) is 2. The summed E-state index contributed by atoms with van der Waals surface area (Å²) in [4.78, 5) is 15.8. The molecule has 0 saturated heterocycles. The molecular formula is C11H19N5O. The van der Waals surface area contributed by atoms with Gasteiger partial charge in [-0.15, -0.1) is 5.10 Å². The molecule has 0 aliphatic rings. The molecule has 0 saturated carbocycles. The van der Waals surface area contributed by atoms with E-state index in [2.05, 4.69) is 20.5 Å². The quantitative estimate of drug-likeness (QED) is 0.790. The zero-order chi connectivity index (χ0) is 12.8. The standard InChI is InChI=1S/C11H19N5O/c1-4-9(6-12)5-10(17)14-11-13-7(2)8(3)15-16-11/h9H,4-6,12H2,1-3H3,(H,13,14,16,17). The average Bonchev–Trinajstić information content (AvgIpc) is 2.31. The van der Waals surface area contributed by atoms with Crippen molar-refractivity contribution >= 4 is 11.9 Å². The van der Waals surface area contributed by atoms with Gasteiger partial charge in [0.25, 0.3) is 0 Å². The van der Waals surface area contributed by atoms with E-state index >= 15 is 0 Å². The zero-order valence-corrected chi connectivity index (χ0v) is 10.5. The summed E-state index contributed by atoms with van der Waals surface area (Å²) in [5.41, 5.74) is 7.07. The highest BCUT2D eigenvalue weighted by molar-refractivity contribution is 5.89. The topological polar surface area (TPSA) is 93.8 Å². The fraction of sp³-hybridized carbons (Fsp3) is 0.636. The van der Waals surface area contributed by atoms with Crippen LogP contribution in [0.3, 0.4) is 0 Å². The van der Waals surface area contributed by atoms with Crippen LogP contribution in [0.4, 0.5) is 5.95 Å². The predicted molar refractivity (Wildman–Crippen MR) is 65.4 cm³/mol. The summed E-state index contributed by atoms with van der Waals surface area (Å²) < 4.78 is 0. The first-order valence-corrected chi connectivity index (χ1v) is 5.74. The van der Waals surface area contributed by atoms with Crippen molar-refractivity contribution in [2.75, 3.05) is 11.9 Å². The highest BCUT2D eigenvalue weighted by Crippen LogP contribution is 2.08. The van der Waals surface area contributed by atoms with E-state index < -0.39 is 0 Å². The van der Waals surface area contributed by atoms with E-state index in [9.17, 15) is 4.79 Å². The minimum atomic E-state index is -0.118. The fourth-order valence-corrected chi connectivity index (χ4v) is 1.34. The minimum Gasteiger partial charge on any atom is -0.330 e. The molecule has 1 heterocycles. The predicted octanol–water partition coefficient (Wildman–Crippen LogP) is 0.802. The van der Waals surface area contributed by atoms with Crippen LogP contribution in [0.2, 0.25) is 0 Å². The molecular weight excluding hydrogens is 218 g/mol. The Morgan fingerprint density at radius 3 is 2.59 bits per heavy atom. The number of hydrogen-bond acceptors (Lipinski definition) is 5. The first-order chi connectivity index (χ1) is 8.06. The molecule has 0 bridgehead atoms. The maximum absolute atomic E-state index is 11.7. The van der Waals surface area contributed by atoms with E-state index in [1.807, 2.05) is 20.8 Å². The van der Waals surface area contributed by atoms with Gasteiger partial charge in [-0.25, -0.2) is 4.98 Å². The lowest BCUT2D eigenvalue weighted by Crippen LogP contribution is -2.22. The number of amides is 1. The molecule has 0 fully saturated rings. The first kappa shape index (κ1) is 13.5. The number of aromatic nitrogens is 3. The second-order valence-corrected chi connectivity index (χ2v) is 4.07. The lowest BCUT2D eigenvalue weighted by molar-refractivity contribution is -0.117. The third kappa shape index (κ3) is 4.07. The number of rotatable bonds is 5. The summed E-state index contributed by atoms with van der Waals surface area (Å²) in [5, 5.41) is 10.3. The summed E-state index contributed by atoms with van der Waals surface area (Å²) >= 11 is 0. The Morgan fingerprint density at radius 1 is 1.35 bits per heavy atom. The number of nitrogens with two attached hydrogens (primary N) is 1. The van der Waals surface area contributed by atoms with Crippen molar-refractivity contribution in [1.29, 1.82) is 0 Å². The number of anilines is 1. The zero-order valence-electron chi connectivity index (χ0n) is 10.5. The second-order valence-electron chi connectivity index (χ2n) is 4.07. The Morgan fingerprint density at radius 2 is 2.06 bits per heavy atom. The Labute approximate surface area is 101 Å². The van der Waals surface area contributed by atoms with Crippen molar-refractivity contribution in [2.45, 2.75) is 33.6 Å². The Balaban J connectivity index is 2.58. The van der Waals surface area contributed by atoms with Gasteiger partial charge in [0.1, 0.15) is 0 Å². The molecule has 1 amide bonds. The van der Waals surface area contributed by atoms with Gasteiger partial charge >= 0.3 is 0 Å². The van der Waals surface area contributed by atoms with Gasteiger partial charge < -0.3 is 5.73 Å². The third-order valence-corrected chi connectivity index (χ3v) is 2.73. The molecule has 0 aliphatic carbocycles. The van der Waals surface area contributed by atoms with E-state index in [0.717, 1.165) is 17.8 Å². The molecule has 6 nitrogen and oxygen atoms in total. The number of carbonyl (C=O) groups is 1. The Bertz CT molecular complexity index is 389. The molecule has 1 aromatic heterocycles. The van der Waals surface area contributed by atoms with Gasteiger partial charge in [0, 0.05) is 6.42 Å². The fourth-order valence-electron chi connectivity index (χ4n) is 1.34. The van der Waals surface area contributed by atoms with Crippen LogP contribution >= 0.6 is 0 Å². The van der Waals surface area contributed by atoms with Crippen LogP contribution in [-0.4, -0.2) is 27.6 Å². The van der Waals surface area contributed by atoms with Crippen LogP contribution in [0, 0.1) is 19.8 Å². The lowest BCUT2D eigenvalue weighted by atomic mass is 10.0. The highest BCUT2D eigenvalue weighted by Gasteiger charge is 2.12. The molecule has 0 radical (unpaired) electrons. The van der Waals surface area contributed by atoms with E-state index in [0.29, 0.717) is 13.0 Å². The average molecular weight is 237 g/mol. The minimum absolute atomic E-state index is 0.118. The van der Waals surface area contributed by atoms with Crippen molar-refractivity contribution in [1.82, 2.24) is 15.2 Å². The summed E-state index contributed by atoms with van der Waals surface area (Å²) in [6.07, 6.45) is 1.28. The number of nitrogens with zero attached hydrogens (tertiary/aromatic N) is 3. The molecule has 0 spiro atoms. The smallest absolute Gasteiger partial charge is 0.249 e. The lowest BCUT2D eigenvalue weighted by Gasteiger charge is -2.11. The van der Waals surface area contributed by atoms with E-state index in [-0.39, 0.29) is 17.8 Å². The van der Waals surface area contributed by atoms with Gasteiger partial charge in [0.05, 0.1) is 11.4 Å². The molecule has 1 unspecified atom stereocenters. The second kappa shape index (κ2) is 6.24.